The molecule has 0 fully saturated rings. The molecule has 0 aliphatic rings. The molecule has 0 unspecified atom stereocenters. The lowest BCUT2D eigenvalue weighted by atomic mass is 9.79. The van der Waals surface area contributed by atoms with Crippen LogP contribution in [0.1, 0.15) is 5.56 Å². The number of carbonyl (C=O) groups excluding carboxylic acids is 1. The number of carbonyl (C=O) groups is 1. The first kappa shape index (κ1) is 11.5. The third kappa shape index (κ3) is 3.57. The minimum Gasteiger partial charge on any atom is -0.466 e. The Kier molecular flexibility index (Phi) is 4.09. The van der Waals surface area contributed by atoms with Gasteiger partial charge in [-0.2, -0.15) is 0 Å². The van der Waals surface area contributed by atoms with Gasteiger partial charge >= 0.3 is 13.1 Å². The maximum atomic E-state index is 10.8. The molecule has 78 valence electrons. The van der Waals surface area contributed by atoms with Gasteiger partial charge in [-0.15, -0.1) is 0 Å². The molecule has 5 heteroatoms. The van der Waals surface area contributed by atoms with Gasteiger partial charge in [0.1, 0.15) is 0 Å². The van der Waals surface area contributed by atoms with E-state index >= 15 is 0 Å². The largest absolute Gasteiger partial charge is 0.488 e. The zero-order valence-electron chi connectivity index (χ0n) is 8.25. The Morgan fingerprint density at radius 3 is 2.80 bits per heavy atom. The second-order valence-corrected chi connectivity index (χ2v) is 2.90. The topological polar surface area (TPSA) is 66.8 Å². The first-order valence-electron chi connectivity index (χ1n) is 4.35. The molecule has 0 aromatic heterocycles. The van der Waals surface area contributed by atoms with Crippen LogP contribution < -0.4 is 5.46 Å². The average molecular weight is 206 g/mol. The fourth-order valence-corrected chi connectivity index (χ4v) is 1.06. The first-order valence-corrected chi connectivity index (χ1v) is 4.35. The molecule has 2 N–H and O–H groups in total. The van der Waals surface area contributed by atoms with Gasteiger partial charge in [-0.1, -0.05) is 24.3 Å². The van der Waals surface area contributed by atoms with E-state index in [1.807, 2.05) is 0 Å². The Hall–Kier alpha value is -1.59. The third-order valence-corrected chi connectivity index (χ3v) is 1.82. The van der Waals surface area contributed by atoms with Crippen molar-refractivity contribution in [2.75, 3.05) is 7.11 Å². The molecule has 0 aliphatic carbocycles. The monoisotopic (exact) mass is 206 g/mol. The minimum absolute atomic E-state index is 0.377. The molecule has 0 amide bonds. The quantitative estimate of drug-likeness (QED) is 0.399. The van der Waals surface area contributed by atoms with Crippen molar-refractivity contribution in [2.45, 2.75) is 0 Å². The number of ether oxygens (including phenoxy) is 1. The van der Waals surface area contributed by atoms with Crippen LogP contribution in [0.2, 0.25) is 0 Å². The summed E-state index contributed by atoms with van der Waals surface area (Å²) in [7, 11) is -0.211. The highest BCUT2D eigenvalue weighted by Gasteiger charge is 2.09. The van der Waals surface area contributed by atoms with Gasteiger partial charge in [0.15, 0.2) is 0 Å². The van der Waals surface area contributed by atoms with E-state index in [0.29, 0.717) is 11.0 Å². The number of hydrogen-bond acceptors (Lipinski definition) is 4. The molecule has 0 heterocycles. The van der Waals surface area contributed by atoms with Gasteiger partial charge in [0.2, 0.25) is 0 Å². The number of rotatable bonds is 3. The van der Waals surface area contributed by atoms with Crippen molar-refractivity contribution in [3.8, 4) is 0 Å². The van der Waals surface area contributed by atoms with Crippen molar-refractivity contribution >= 4 is 24.6 Å². The standard InChI is InChI=1S/C10H11BO4/c1-15-10(12)6-5-8-3-2-4-9(7-8)11(13)14/h2-7,13-14H,1H3/b6-5-. The van der Waals surface area contributed by atoms with Crippen LogP contribution in [0, 0.1) is 0 Å². The van der Waals surface area contributed by atoms with Crippen LogP contribution in [0.5, 0.6) is 0 Å². The van der Waals surface area contributed by atoms with Crippen LogP contribution in [-0.4, -0.2) is 30.2 Å². The summed E-state index contributed by atoms with van der Waals surface area (Å²) in [6, 6.07) is 6.57. The minimum atomic E-state index is -1.50. The molecule has 0 spiro atoms. The molecule has 0 bridgehead atoms. The van der Waals surface area contributed by atoms with Gasteiger partial charge < -0.3 is 14.8 Å². The summed E-state index contributed by atoms with van der Waals surface area (Å²) in [5.74, 6) is -0.454. The van der Waals surface area contributed by atoms with E-state index in [1.54, 1.807) is 24.3 Å². The van der Waals surface area contributed by atoms with Gasteiger partial charge in [0.25, 0.3) is 0 Å². The fraction of sp³-hybridized carbons (Fsp3) is 0.100. The molecule has 0 atom stereocenters. The summed E-state index contributed by atoms with van der Waals surface area (Å²) in [6.45, 7) is 0. The predicted molar refractivity (Wildman–Crippen MR) is 57.3 cm³/mol. The molecule has 1 aromatic rings. The summed E-state index contributed by atoms with van der Waals surface area (Å²) in [5, 5.41) is 17.8. The molecule has 0 saturated carbocycles. The smallest absolute Gasteiger partial charge is 0.466 e. The van der Waals surface area contributed by atoms with Crippen LogP contribution in [0.15, 0.2) is 30.3 Å². The van der Waals surface area contributed by atoms with E-state index in [4.69, 9.17) is 10.0 Å². The lowest BCUT2D eigenvalue weighted by Crippen LogP contribution is -2.29. The SMILES string of the molecule is COC(=O)/C=C\c1cccc(B(O)O)c1. The Morgan fingerprint density at radius 1 is 1.47 bits per heavy atom. The Labute approximate surface area is 88.0 Å². The van der Waals surface area contributed by atoms with Gasteiger partial charge in [-0.3, -0.25) is 0 Å². The van der Waals surface area contributed by atoms with Gasteiger partial charge in [-0.05, 0) is 17.1 Å². The molecular formula is C10H11BO4. The molecule has 15 heavy (non-hydrogen) atoms. The van der Waals surface area contributed by atoms with Gasteiger partial charge in [0.05, 0.1) is 7.11 Å². The van der Waals surface area contributed by atoms with Crippen LogP contribution in [0.25, 0.3) is 6.08 Å². The first-order chi connectivity index (χ1) is 7.13. The Balaban J connectivity index is 2.82. The molecule has 1 aromatic carbocycles. The zero-order chi connectivity index (χ0) is 11.3. The van der Waals surface area contributed by atoms with Gasteiger partial charge in [0, 0.05) is 6.08 Å². The molecular weight excluding hydrogens is 195 g/mol. The van der Waals surface area contributed by atoms with Crippen molar-refractivity contribution in [3.63, 3.8) is 0 Å². The number of esters is 1. The highest BCUT2D eigenvalue weighted by atomic mass is 16.5. The van der Waals surface area contributed by atoms with Crippen molar-refractivity contribution in [1.29, 1.82) is 0 Å². The normalized spacial score (nSPS) is 10.3. The number of benzene rings is 1. The van der Waals surface area contributed by atoms with Crippen molar-refractivity contribution in [2.24, 2.45) is 0 Å². The van der Waals surface area contributed by atoms with E-state index < -0.39 is 13.1 Å². The summed E-state index contributed by atoms with van der Waals surface area (Å²) in [4.78, 5) is 10.8. The fourth-order valence-electron chi connectivity index (χ4n) is 1.06. The second-order valence-electron chi connectivity index (χ2n) is 2.90. The highest BCUT2D eigenvalue weighted by molar-refractivity contribution is 6.58. The van der Waals surface area contributed by atoms with E-state index in [-0.39, 0.29) is 0 Å². The molecule has 0 radical (unpaired) electrons. The summed E-state index contributed by atoms with van der Waals surface area (Å²) in [6.07, 6.45) is 2.81. The zero-order valence-corrected chi connectivity index (χ0v) is 8.25. The van der Waals surface area contributed by atoms with Crippen LogP contribution in [-0.2, 0) is 9.53 Å². The Morgan fingerprint density at radius 2 is 2.20 bits per heavy atom. The molecule has 0 aliphatic heterocycles. The summed E-state index contributed by atoms with van der Waals surface area (Å²) in [5.41, 5.74) is 1.08. The van der Waals surface area contributed by atoms with E-state index in [1.165, 1.54) is 19.3 Å². The summed E-state index contributed by atoms with van der Waals surface area (Å²) < 4.78 is 4.43. The molecule has 0 saturated heterocycles. The van der Waals surface area contributed by atoms with Crippen molar-refractivity contribution < 1.29 is 19.6 Å². The van der Waals surface area contributed by atoms with Gasteiger partial charge in [-0.25, -0.2) is 4.79 Å². The van der Waals surface area contributed by atoms with Crippen LogP contribution >= 0.6 is 0 Å². The lowest BCUT2D eigenvalue weighted by Gasteiger charge is -1.99. The highest BCUT2D eigenvalue weighted by Crippen LogP contribution is 2.00. The van der Waals surface area contributed by atoms with Crippen LogP contribution in [0.3, 0.4) is 0 Å². The van der Waals surface area contributed by atoms with E-state index in [9.17, 15) is 4.79 Å². The average Bonchev–Trinajstić information content (AvgIpc) is 2.26. The number of hydrogen-bond donors (Lipinski definition) is 2. The lowest BCUT2D eigenvalue weighted by molar-refractivity contribution is -0.134. The van der Waals surface area contributed by atoms with Crippen molar-refractivity contribution in [1.82, 2.24) is 0 Å². The van der Waals surface area contributed by atoms with E-state index in [2.05, 4.69) is 4.74 Å². The Bertz CT molecular complexity index is 373. The predicted octanol–water partition coefficient (Wildman–Crippen LogP) is -0.447. The van der Waals surface area contributed by atoms with Crippen LogP contribution in [0.4, 0.5) is 0 Å². The maximum Gasteiger partial charge on any atom is 0.488 e. The molecule has 1 rings (SSSR count). The van der Waals surface area contributed by atoms with Crippen molar-refractivity contribution in [3.05, 3.63) is 35.9 Å². The number of methoxy groups -OCH3 is 1. The third-order valence-electron chi connectivity index (χ3n) is 1.82. The summed E-state index contributed by atoms with van der Waals surface area (Å²) >= 11 is 0. The van der Waals surface area contributed by atoms with E-state index in [0.717, 1.165) is 0 Å². The molecule has 4 nitrogen and oxygen atoms in total. The second kappa shape index (κ2) is 5.33. The maximum absolute atomic E-state index is 10.8.